The first kappa shape index (κ1) is 16.7. The van der Waals surface area contributed by atoms with Gasteiger partial charge in [-0.25, -0.2) is 0 Å². The summed E-state index contributed by atoms with van der Waals surface area (Å²) in [7, 11) is 3.12. The van der Waals surface area contributed by atoms with E-state index in [4.69, 9.17) is 0 Å². The van der Waals surface area contributed by atoms with E-state index in [0.29, 0.717) is 19.0 Å². The van der Waals surface area contributed by atoms with Crippen LogP contribution in [0.15, 0.2) is 4.99 Å². The maximum atomic E-state index is 11.0. The normalized spacial score (nSPS) is 13.0. The molecule has 0 aromatic rings. The standard InChI is InChI=1S/C13H27N3O2/c1-5-6-7-8-11(2)16-13(14-3)15-10-9-12(17)18-4/h11H,5-10H2,1-4H3,(H2,14,15,16). The van der Waals surface area contributed by atoms with Crippen molar-refractivity contribution in [3.05, 3.63) is 0 Å². The molecule has 2 N–H and O–H groups in total. The second-order valence-electron chi connectivity index (χ2n) is 4.37. The minimum Gasteiger partial charge on any atom is -0.469 e. The van der Waals surface area contributed by atoms with Gasteiger partial charge in [0, 0.05) is 19.6 Å². The molecule has 0 saturated carbocycles. The van der Waals surface area contributed by atoms with Crippen molar-refractivity contribution in [2.24, 2.45) is 4.99 Å². The van der Waals surface area contributed by atoms with E-state index in [1.54, 1.807) is 7.05 Å². The van der Waals surface area contributed by atoms with Crippen LogP contribution in [0.1, 0.15) is 46.0 Å². The highest BCUT2D eigenvalue weighted by atomic mass is 16.5. The number of rotatable bonds is 8. The molecule has 0 aliphatic heterocycles. The lowest BCUT2D eigenvalue weighted by Gasteiger charge is -2.17. The van der Waals surface area contributed by atoms with Gasteiger partial charge in [0.05, 0.1) is 13.5 Å². The lowest BCUT2D eigenvalue weighted by Crippen LogP contribution is -2.42. The van der Waals surface area contributed by atoms with Crippen LogP contribution in [0.25, 0.3) is 0 Å². The first-order valence-electron chi connectivity index (χ1n) is 6.68. The summed E-state index contributed by atoms with van der Waals surface area (Å²) in [6.07, 6.45) is 5.20. The van der Waals surface area contributed by atoms with Crippen LogP contribution in [0, 0.1) is 0 Å². The largest absolute Gasteiger partial charge is 0.469 e. The van der Waals surface area contributed by atoms with E-state index in [1.807, 2.05) is 0 Å². The lowest BCUT2D eigenvalue weighted by molar-refractivity contribution is -0.140. The molecule has 0 saturated heterocycles. The second kappa shape index (κ2) is 10.9. The number of unbranched alkanes of at least 4 members (excludes halogenated alkanes) is 2. The van der Waals surface area contributed by atoms with E-state index in [9.17, 15) is 4.79 Å². The molecule has 0 spiro atoms. The minimum absolute atomic E-state index is 0.214. The minimum atomic E-state index is -0.214. The molecule has 5 nitrogen and oxygen atoms in total. The van der Waals surface area contributed by atoms with Crippen molar-refractivity contribution in [3.63, 3.8) is 0 Å². The molecule has 0 aromatic heterocycles. The van der Waals surface area contributed by atoms with Gasteiger partial charge in [-0.2, -0.15) is 0 Å². The van der Waals surface area contributed by atoms with Gasteiger partial charge in [-0.05, 0) is 13.3 Å². The number of methoxy groups -OCH3 is 1. The Labute approximate surface area is 110 Å². The molecular formula is C13H27N3O2. The van der Waals surface area contributed by atoms with Gasteiger partial charge >= 0.3 is 5.97 Å². The molecule has 0 fully saturated rings. The number of aliphatic imine (C=N–C) groups is 1. The van der Waals surface area contributed by atoms with Crippen molar-refractivity contribution < 1.29 is 9.53 Å². The average Bonchev–Trinajstić information content (AvgIpc) is 2.37. The fourth-order valence-corrected chi connectivity index (χ4v) is 1.59. The average molecular weight is 257 g/mol. The van der Waals surface area contributed by atoms with E-state index in [1.165, 1.54) is 26.4 Å². The number of guanidine groups is 1. The van der Waals surface area contributed by atoms with Gasteiger partial charge < -0.3 is 15.4 Å². The summed E-state index contributed by atoms with van der Waals surface area (Å²) in [6.45, 7) is 4.88. The van der Waals surface area contributed by atoms with Crippen LogP contribution in [0.2, 0.25) is 0 Å². The quantitative estimate of drug-likeness (QED) is 0.300. The molecular weight excluding hydrogens is 230 g/mol. The summed E-state index contributed by atoms with van der Waals surface area (Å²) < 4.78 is 4.57. The third-order valence-corrected chi connectivity index (χ3v) is 2.70. The number of carbonyl (C=O) groups is 1. The van der Waals surface area contributed by atoms with Crippen molar-refractivity contribution in [1.82, 2.24) is 10.6 Å². The van der Waals surface area contributed by atoms with Gasteiger partial charge in [0.2, 0.25) is 0 Å². The van der Waals surface area contributed by atoms with Crippen molar-refractivity contribution in [2.75, 3.05) is 20.7 Å². The van der Waals surface area contributed by atoms with E-state index in [-0.39, 0.29) is 5.97 Å². The number of carbonyl (C=O) groups excluding carboxylic acids is 1. The van der Waals surface area contributed by atoms with Crippen molar-refractivity contribution in [3.8, 4) is 0 Å². The van der Waals surface area contributed by atoms with Crippen LogP contribution in [0.5, 0.6) is 0 Å². The molecule has 0 amide bonds. The fourth-order valence-electron chi connectivity index (χ4n) is 1.59. The summed E-state index contributed by atoms with van der Waals surface area (Å²) in [5.41, 5.74) is 0. The topological polar surface area (TPSA) is 62.7 Å². The van der Waals surface area contributed by atoms with Crippen LogP contribution < -0.4 is 10.6 Å². The molecule has 0 aromatic carbocycles. The first-order chi connectivity index (χ1) is 8.63. The molecule has 1 atom stereocenters. The van der Waals surface area contributed by atoms with Crippen LogP contribution in [-0.2, 0) is 9.53 Å². The van der Waals surface area contributed by atoms with E-state index in [2.05, 4.69) is 34.2 Å². The summed E-state index contributed by atoms with van der Waals surface area (Å²) in [5, 5.41) is 6.40. The smallest absolute Gasteiger partial charge is 0.307 e. The first-order valence-corrected chi connectivity index (χ1v) is 6.68. The Morgan fingerprint density at radius 1 is 1.39 bits per heavy atom. The molecule has 0 radical (unpaired) electrons. The van der Waals surface area contributed by atoms with Crippen LogP contribution >= 0.6 is 0 Å². The summed E-state index contributed by atoms with van der Waals surface area (Å²) >= 11 is 0. The molecule has 0 bridgehead atoms. The van der Waals surface area contributed by atoms with E-state index >= 15 is 0 Å². The molecule has 0 heterocycles. The van der Waals surface area contributed by atoms with Gasteiger partial charge in [0.25, 0.3) is 0 Å². The monoisotopic (exact) mass is 257 g/mol. The Balaban J connectivity index is 3.79. The van der Waals surface area contributed by atoms with Crippen molar-refractivity contribution in [2.45, 2.75) is 52.0 Å². The third kappa shape index (κ3) is 8.84. The molecule has 18 heavy (non-hydrogen) atoms. The maximum Gasteiger partial charge on any atom is 0.307 e. The molecule has 106 valence electrons. The number of nitrogens with one attached hydrogen (secondary N) is 2. The predicted octanol–water partition coefficient (Wildman–Crippen LogP) is 1.68. The Morgan fingerprint density at radius 2 is 2.11 bits per heavy atom. The summed E-state index contributed by atoms with van der Waals surface area (Å²) in [4.78, 5) is 15.1. The SMILES string of the molecule is CCCCCC(C)NC(=NC)NCCC(=O)OC. The van der Waals surface area contributed by atoms with Gasteiger partial charge in [-0.15, -0.1) is 0 Å². The van der Waals surface area contributed by atoms with Gasteiger partial charge in [-0.3, -0.25) is 9.79 Å². The zero-order chi connectivity index (χ0) is 13.8. The number of hydrogen-bond donors (Lipinski definition) is 2. The number of nitrogens with zero attached hydrogens (tertiary/aromatic N) is 1. The van der Waals surface area contributed by atoms with Crippen LogP contribution in [-0.4, -0.2) is 38.7 Å². The number of ether oxygens (including phenoxy) is 1. The van der Waals surface area contributed by atoms with Gasteiger partial charge in [-0.1, -0.05) is 26.2 Å². The predicted molar refractivity (Wildman–Crippen MR) is 74.7 cm³/mol. The van der Waals surface area contributed by atoms with Gasteiger partial charge in [0.1, 0.15) is 0 Å². The highest BCUT2D eigenvalue weighted by Gasteiger charge is 2.05. The Kier molecular flexibility index (Phi) is 10.1. The second-order valence-corrected chi connectivity index (χ2v) is 4.37. The Morgan fingerprint density at radius 3 is 2.67 bits per heavy atom. The molecule has 5 heteroatoms. The molecule has 0 rings (SSSR count). The number of hydrogen-bond acceptors (Lipinski definition) is 3. The van der Waals surface area contributed by atoms with Crippen LogP contribution in [0.3, 0.4) is 0 Å². The summed E-state index contributed by atoms with van der Waals surface area (Å²) in [6, 6.07) is 0.390. The summed E-state index contributed by atoms with van der Waals surface area (Å²) in [5.74, 6) is 0.525. The lowest BCUT2D eigenvalue weighted by atomic mass is 10.1. The fraction of sp³-hybridized carbons (Fsp3) is 0.846. The Bertz CT molecular complexity index is 255. The zero-order valence-corrected chi connectivity index (χ0v) is 12.1. The van der Waals surface area contributed by atoms with E-state index < -0.39 is 0 Å². The van der Waals surface area contributed by atoms with Crippen LogP contribution in [0.4, 0.5) is 0 Å². The zero-order valence-electron chi connectivity index (χ0n) is 12.1. The molecule has 0 aliphatic rings. The highest BCUT2D eigenvalue weighted by Crippen LogP contribution is 2.02. The molecule has 1 unspecified atom stereocenters. The maximum absolute atomic E-state index is 11.0. The highest BCUT2D eigenvalue weighted by molar-refractivity contribution is 5.80. The van der Waals surface area contributed by atoms with Crippen molar-refractivity contribution >= 4 is 11.9 Å². The Hall–Kier alpha value is -1.26. The third-order valence-electron chi connectivity index (χ3n) is 2.70. The van der Waals surface area contributed by atoms with Crippen molar-refractivity contribution in [1.29, 1.82) is 0 Å². The van der Waals surface area contributed by atoms with Gasteiger partial charge in [0.15, 0.2) is 5.96 Å². The molecule has 0 aliphatic carbocycles. The number of esters is 1. The van der Waals surface area contributed by atoms with E-state index in [0.717, 1.165) is 12.4 Å².